The average Bonchev–Trinajstić information content (AvgIpc) is 2.54. The Labute approximate surface area is 143 Å². The number of anilines is 1. The van der Waals surface area contributed by atoms with Crippen molar-refractivity contribution >= 4 is 23.2 Å². The van der Waals surface area contributed by atoms with Crippen LogP contribution >= 0.6 is 11.6 Å². The van der Waals surface area contributed by atoms with Gasteiger partial charge in [-0.2, -0.15) is 0 Å². The van der Waals surface area contributed by atoms with E-state index < -0.39 is 5.60 Å². The van der Waals surface area contributed by atoms with E-state index in [0.717, 1.165) is 12.8 Å². The van der Waals surface area contributed by atoms with Gasteiger partial charge >= 0.3 is 0 Å². The van der Waals surface area contributed by atoms with Gasteiger partial charge in [-0.15, -0.1) is 0 Å². The zero-order chi connectivity index (χ0) is 17.3. The first kappa shape index (κ1) is 19.7. The number of amides is 1. The molecule has 1 atom stereocenters. The van der Waals surface area contributed by atoms with E-state index in [4.69, 9.17) is 25.8 Å². The van der Waals surface area contributed by atoms with Gasteiger partial charge in [0.1, 0.15) is 18.0 Å². The highest BCUT2D eigenvalue weighted by atomic mass is 35.5. The molecule has 0 aliphatic rings. The van der Waals surface area contributed by atoms with E-state index in [9.17, 15) is 4.79 Å². The Kier molecular flexibility index (Phi) is 8.37. The number of benzene rings is 1. The van der Waals surface area contributed by atoms with Crippen LogP contribution in [0.2, 0.25) is 5.02 Å². The van der Waals surface area contributed by atoms with Gasteiger partial charge in [0.15, 0.2) is 0 Å². The summed E-state index contributed by atoms with van der Waals surface area (Å²) < 4.78 is 15.8. The van der Waals surface area contributed by atoms with Crippen molar-refractivity contribution in [1.29, 1.82) is 0 Å². The van der Waals surface area contributed by atoms with Crippen LogP contribution in [0.3, 0.4) is 0 Å². The maximum absolute atomic E-state index is 12.5. The molecule has 0 aromatic heterocycles. The quantitative estimate of drug-likeness (QED) is 0.655. The minimum absolute atomic E-state index is 0.183. The Morgan fingerprint density at radius 3 is 2.61 bits per heavy atom. The smallest absolute Gasteiger partial charge is 0.256 e. The Hall–Kier alpha value is -1.30. The van der Waals surface area contributed by atoms with E-state index >= 15 is 0 Å². The van der Waals surface area contributed by atoms with E-state index in [-0.39, 0.29) is 5.91 Å². The van der Waals surface area contributed by atoms with Crippen molar-refractivity contribution in [3.63, 3.8) is 0 Å². The first-order valence-electron chi connectivity index (χ1n) is 7.74. The molecule has 23 heavy (non-hydrogen) atoms. The summed E-state index contributed by atoms with van der Waals surface area (Å²) in [6.45, 7) is 4.77. The lowest BCUT2D eigenvalue weighted by molar-refractivity contribution is -0.136. The van der Waals surface area contributed by atoms with Crippen LogP contribution in [0.1, 0.15) is 33.1 Å². The topological polar surface area (TPSA) is 56.8 Å². The standard InChI is InChI=1S/C17H26ClNO4/c1-5-6-9-17(2,22-4)16(20)19-13-7-8-15(14(18)12-13)23-11-10-21-3/h7-8,12H,5-6,9-11H2,1-4H3,(H,19,20)/t17-/m1/s1. The first-order chi connectivity index (χ1) is 11.0. The highest BCUT2D eigenvalue weighted by molar-refractivity contribution is 6.32. The number of rotatable bonds is 10. The largest absolute Gasteiger partial charge is 0.490 e. The van der Waals surface area contributed by atoms with Gasteiger partial charge in [0.2, 0.25) is 0 Å². The van der Waals surface area contributed by atoms with E-state index in [1.807, 2.05) is 0 Å². The van der Waals surface area contributed by atoms with Crippen LogP contribution in [0, 0.1) is 0 Å². The van der Waals surface area contributed by atoms with Crippen LogP contribution in [0.15, 0.2) is 18.2 Å². The molecule has 0 saturated heterocycles. The SMILES string of the molecule is CCCC[C@@](C)(OC)C(=O)Nc1ccc(OCCOC)c(Cl)c1. The van der Waals surface area contributed by atoms with Gasteiger partial charge in [-0.1, -0.05) is 31.4 Å². The summed E-state index contributed by atoms with van der Waals surface area (Å²) in [5.74, 6) is 0.375. The van der Waals surface area contributed by atoms with Crippen LogP contribution in [-0.2, 0) is 14.3 Å². The fraction of sp³-hybridized carbons (Fsp3) is 0.588. The fourth-order valence-corrected chi connectivity index (χ4v) is 2.25. The van der Waals surface area contributed by atoms with E-state index in [1.54, 1.807) is 39.3 Å². The molecule has 0 heterocycles. The third-order valence-corrected chi connectivity index (χ3v) is 3.97. The summed E-state index contributed by atoms with van der Waals surface area (Å²) in [6, 6.07) is 5.14. The second-order valence-corrected chi connectivity index (χ2v) is 5.89. The summed E-state index contributed by atoms with van der Waals surface area (Å²) in [7, 11) is 3.16. The fourth-order valence-electron chi connectivity index (χ4n) is 2.02. The second kappa shape index (κ2) is 9.75. The van der Waals surface area contributed by atoms with Gasteiger partial charge < -0.3 is 19.5 Å². The second-order valence-electron chi connectivity index (χ2n) is 5.48. The molecule has 0 radical (unpaired) electrons. The molecule has 0 unspecified atom stereocenters. The number of ether oxygens (including phenoxy) is 3. The molecule has 1 aromatic carbocycles. The third-order valence-electron chi connectivity index (χ3n) is 3.67. The number of nitrogens with one attached hydrogen (secondary N) is 1. The van der Waals surface area contributed by atoms with E-state index in [1.165, 1.54) is 0 Å². The number of carbonyl (C=O) groups excluding carboxylic acids is 1. The van der Waals surface area contributed by atoms with Crippen molar-refractivity contribution in [2.45, 2.75) is 38.7 Å². The zero-order valence-corrected chi connectivity index (χ0v) is 15.0. The number of halogens is 1. The lowest BCUT2D eigenvalue weighted by atomic mass is 9.97. The molecule has 0 spiro atoms. The van der Waals surface area contributed by atoms with Gasteiger partial charge in [0.25, 0.3) is 5.91 Å². The van der Waals surface area contributed by atoms with Crippen molar-refractivity contribution in [2.24, 2.45) is 0 Å². The Bertz CT molecular complexity index is 509. The summed E-state index contributed by atoms with van der Waals surface area (Å²) >= 11 is 6.18. The number of unbranched alkanes of at least 4 members (excludes halogenated alkanes) is 1. The van der Waals surface area contributed by atoms with Crippen molar-refractivity contribution in [1.82, 2.24) is 0 Å². The third kappa shape index (κ3) is 6.01. The molecule has 5 nitrogen and oxygen atoms in total. The highest BCUT2D eigenvalue weighted by Crippen LogP contribution is 2.29. The highest BCUT2D eigenvalue weighted by Gasteiger charge is 2.32. The van der Waals surface area contributed by atoms with Crippen LogP contribution in [0.4, 0.5) is 5.69 Å². The minimum Gasteiger partial charge on any atom is -0.490 e. The maximum atomic E-state index is 12.5. The van der Waals surface area contributed by atoms with Crippen LogP contribution in [0.5, 0.6) is 5.75 Å². The average molecular weight is 344 g/mol. The predicted molar refractivity (Wildman–Crippen MR) is 92.4 cm³/mol. The molecule has 0 bridgehead atoms. The minimum atomic E-state index is -0.851. The molecule has 6 heteroatoms. The van der Waals surface area contributed by atoms with Crippen LogP contribution in [-0.4, -0.2) is 38.9 Å². The molecule has 0 saturated carbocycles. The van der Waals surface area contributed by atoms with Crippen molar-refractivity contribution in [3.05, 3.63) is 23.2 Å². The predicted octanol–water partition coefficient (Wildman–Crippen LogP) is 3.90. The molecule has 1 aromatic rings. The maximum Gasteiger partial charge on any atom is 0.256 e. The molecule has 1 amide bonds. The van der Waals surface area contributed by atoms with Crippen molar-refractivity contribution < 1.29 is 19.0 Å². The number of hydrogen-bond donors (Lipinski definition) is 1. The first-order valence-corrected chi connectivity index (χ1v) is 8.12. The number of methoxy groups -OCH3 is 2. The van der Waals surface area contributed by atoms with Crippen LogP contribution < -0.4 is 10.1 Å². The van der Waals surface area contributed by atoms with Gasteiger partial charge in [-0.05, 0) is 31.5 Å². The zero-order valence-electron chi connectivity index (χ0n) is 14.3. The van der Waals surface area contributed by atoms with Gasteiger partial charge in [0, 0.05) is 19.9 Å². The van der Waals surface area contributed by atoms with Crippen LogP contribution in [0.25, 0.3) is 0 Å². The number of hydrogen-bond acceptors (Lipinski definition) is 4. The van der Waals surface area contributed by atoms with Gasteiger partial charge in [-0.3, -0.25) is 4.79 Å². The summed E-state index contributed by atoms with van der Waals surface area (Å²) in [4.78, 5) is 12.5. The molecule has 0 aliphatic carbocycles. The Morgan fingerprint density at radius 2 is 2.04 bits per heavy atom. The molecule has 0 fully saturated rings. The lowest BCUT2D eigenvalue weighted by Crippen LogP contribution is -2.41. The van der Waals surface area contributed by atoms with Crippen molar-refractivity contribution in [2.75, 3.05) is 32.8 Å². The Morgan fingerprint density at radius 1 is 1.30 bits per heavy atom. The molecular formula is C17H26ClNO4. The molecular weight excluding hydrogens is 318 g/mol. The normalized spacial score (nSPS) is 13.4. The number of carbonyl (C=O) groups is 1. The monoisotopic (exact) mass is 343 g/mol. The molecule has 1 rings (SSSR count). The summed E-state index contributed by atoms with van der Waals surface area (Å²) in [6.07, 6.45) is 2.59. The Balaban J connectivity index is 2.72. The van der Waals surface area contributed by atoms with Gasteiger partial charge in [0.05, 0.1) is 11.6 Å². The van der Waals surface area contributed by atoms with Gasteiger partial charge in [-0.25, -0.2) is 0 Å². The molecule has 130 valence electrons. The van der Waals surface area contributed by atoms with E-state index in [2.05, 4.69) is 12.2 Å². The molecule has 1 N–H and O–H groups in total. The van der Waals surface area contributed by atoms with E-state index in [0.29, 0.717) is 36.1 Å². The lowest BCUT2D eigenvalue weighted by Gasteiger charge is -2.26. The summed E-state index contributed by atoms with van der Waals surface area (Å²) in [5.41, 5.74) is -0.241. The molecule has 0 aliphatic heterocycles. The summed E-state index contributed by atoms with van der Waals surface area (Å²) in [5, 5.41) is 3.29. The van der Waals surface area contributed by atoms with Crippen molar-refractivity contribution in [3.8, 4) is 5.75 Å².